The van der Waals surface area contributed by atoms with Crippen LogP contribution < -0.4 is 10.2 Å². The second-order valence-corrected chi connectivity index (χ2v) is 4.42. The fourth-order valence-corrected chi connectivity index (χ4v) is 2.09. The molecule has 1 aromatic rings. The largest absolute Gasteiger partial charge is 0.354 e. The SMILES string of the molecule is CCCc1cc(N2CCN[C@@H](C)C2)ncn1. The van der Waals surface area contributed by atoms with E-state index in [2.05, 4.69) is 40.1 Å². The molecule has 0 saturated carbocycles. The molecule has 1 atom stereocenters. The van der Waals surface area contributed by atoms with E-state index in [9.17, 15) is 0 Å². The third kappa shape index (κ3) is 2.70. The van der Waals surface area contributed by atoms with Crippen molar-refractivity contribution in [3.63, 3.8) is 0 Å². The second kappa shape index (κ2) is 5.25. The molecule has 0 spiro atoms. The first kappa shape index (κ1) is 11.3. The topological polar surface area (TPSA) is 41.0 Å². The Hall–Kier alpha value is -1.16. The van der Waals surface area contributed by atoms with E-state index in [-0.39, 0.29) is 0 Å². The highest BCUT2D eigenvalue weighted by atomic mass is 15.2. The van der Waals surface area contributed by atoms with Crippen molar-refractivity contribution in [2.24, 2.45) is 0 Å². The quantitative estimate of drug-likeness (QED) is 0.832. The molecule has 2 heterocycles. The van der Waals surface area contributed by atoms with E-state index in [1.165, 1.54) is 0 Å². The molecule has 88 valence electrons. The maximum absolute atomic E-state index is 4.37. The van der Waals surface area contributed by atoms with Crippen LogP contribution in [0.2, 0.25) is 0 Å². The van der Waals surface area contributed by atoms with Gasteiger partial charge in [-0.2, -0.15) is 0 Å². The molecule has 1 fully saturated rings. The van der Waals surface area contributed by atoms with Crippen LogP contribution in [0.4, 0.5) is 5.82 Å². The zero-order chi connectivity index (χ0) is 11.4. The summed E-state index contributed by atoms with van der Waals surface area (Å²) in [5.74, 6) is 1.08. The van der Waals surface area contributed by atoms with Gasteiger partial charge in [0.15, 0.2) is 0 Å². The van der Waals surface area contributed by atoms with Gasteiger partial charge in [0.05, 0.1) is 0 Å². The van der Waals surface area contributed by atoms with Crippen molar-refractivity contribution >= 4 is 5.82 Å². The number of piperazine rings is 1. The highest BCUT2D eigenvalue weighted by Crippen LogP contribution is 2.13. The van der Waals surface area contributed by atoms with Gasteiger partial charge in [-0.15, -0.1) is 0 Å². The molecule has 1 aliphatic rings. The van der Waals surface area contributed by atoms with E-state index in [0.29, 0.717) is 6.04 Å². The molecular weight excluding hydrogens is 200 g/mol. The highest BCUT2D eigenvalue weighted by Gasteiger charge is 2.16. The lowest BCUT2D eigenvalue weighted by Crippen LogP contribution is -2.49. The molecule has 1 saturated heterocycles. The van der Waals surface area contributed by atoms with E-state index in [1.807, 2.05) is 0 Å². The summed E-state index contributed by atoms with van der Waals surface area (Å²) in [4.78, 5) is 11.0. The summed E-state index contributed by atoms with van der Waals surface area (Å²) < 4.78 is 0. The monoisotopic (exact) mass is 220 g/mol. The van der Waals surface area contributed by atoms with Gasteiger partial charge in [0, 0.05) is 37.4 Å². The van der Waals surface area contributed by atoms with Gasteiger partial charge < -0.3 is 10.2 Å². The number of hydrogen-bond acceptors (Lipinski definition) is 4. The molecule has 0 amide bonds. The zero-order valence-electron chi connectivity index (χ0n) is 10.1. The van der Waals surface area contributed by atoms with E-state index < -0.39 is 0 Å². The third-order valence-corrected chi connectivity index (χ3v) is 2.91. The summed E-state index contributed by atoms with van der Waals surface area (Å²) in [6.07, 6.45) is 3.86. The number of anilines is 1. The Morgan fingerprint density at radius 1 is 1.50 bits per heavy atom. The first-order chi connectivity index (χ1) is 7.79. The Morgan fingerprint density at radius 2 is 2.38 bits per heavy atom. The summed E-state index contributed by atoms with van der Waals surface area (Å²) in [6, 6.07) is 2.67. The molecule has 0 radical (unpaired) electrons. The van der Waals surface area contributed by atoms with E-state index in [0.717, 1.165) is 44.0 Å². The Kier molecular flexibility index (Phi) is 3.72. The maximum Gasteiger partial charge on any atom is 0.132 e. The Balaban J connectivity index is 2.09. The first-order valence-corrected chi connectivity index (χ1v) is 6.09. The molecule has 4 nitrogen and oxygen atoms in total. The summed E-state index contributed by atoms with van der Waals surface area (Å²) >= 11 is 0. The molecule has 2 rings (SSSR count). The van der Waals surface area contributed by atoms with Crippen molar-refractivity contribution in [3.05, 3.63) is 18.1 Å². The van der Waals surface area contributed by atoms with Crippen molar-refractivity contribution in [1.82, 2.24) is 15.3 Å². The average molecular weight is 220 g/mol. The molecule has 0 aliphatic carbocycles. The standard InChI is InChI=1S/C12H20N4/c1-3-4-11-7-12(15-9-14-11)16-6-5-13-10(2)8-16/h7,9-10,13H,3-6,8H2,1-2H3/t10-/m0/s1. The molecule has 1 aromatic heterocycles. The van der Waals surface area contributed by atoms with Crippen molar-refractivity contribution in [2.45, 2.75) is 32.7 Å². The molecule has 1 aliphatic heterocycles. The first-order valence-electron chi connectivity index (χ1n) is 6.09. The second-order valence-electron chi connectivity index (χ2n) is 4.42. The maximum atomic E-state index is 4.37. The van der Waals surface area contributed by atoms with Crippen LogP contribution in [0.25, 0.3) is 0 Å². The normalized spacial score (nSPS) is 21.1. The minimum Gasteiger partial charge on any atom is -0.354 e. The van der Waals surface area contributed by atoms with Crippen LogP contribution in [-0.4, -0.2) is 35.6 Å². The minimum absolute atomic E-state index is 0.540. The zero-order valence-corrected chi connectivity index (χ0v) is 10.1. The molecule has 0 unspecified atom stereocenters. The average Bonchev–Trinajstić information content (AvgIpc) is 2.30. The van der Waals surface area contributed by atoms with Gasteiger partial charge in [0.2, 0.25) is 0 Å². The van der Waals surface area contributed by atoms with Crippen molar-refractivity contribution in [3.8, 4) is 0 Å². The lowest BCUT2D eigenvalue weighted by Gasteiger charge is -2.32. The van der Waals surface area contributed by atoms with Gasteiger partial charge in [-0.1, -0.05) is 13.3 Å². The van der Waals surface area contributed by atoms with Crippen LogP contribution in [0.3, 0.4) is 0 Å². The third-order valence-electron chi connectivity index (χ3n) is 2.91. The Labute approximate surface area is 97.1 Å². The molecule has 0 aromatic carbocycles. The van der Waals surface area contributed by atoms with Crippen LogP contribution >= 0.6 is 0 Å². The molecule has 0 bridgehead atoms. The molecule has 1 N–H and O–H groups in total. The van der Waals surface area contributed by atoms with Crippen LogP contribution in [0, 0.1) is 0 Å². The number of aryl methyl sites for hydroxylation is 1. The van der Waals surface area contributed by atoms with Crippen LogP contribution in [-0.2, 0) is 6.42 Å². The summed E-state index contributed by atoms with van der Waals surface area (Å²) in [6.45, 7) is 7.48. The lowest BCUT2D eigenvalue weighted by molar-refractivity contribution is 0.482. The highest BCUT2D eigenvalue weighted by molar-refractivity contribution is 5.39. The number of hydrogen-bond donors (Lipinski definition) is 1. The predicted molar refractivity (Wildman–Crippen MR) is 65.7 cm³/mol. The van der Waals surface area contributed by atoms with Crippen molar-refractivity contribution < 1.29 is 0 Å². The number of nitrogens with zero attached hydrogens (tertiary/aromatic N) is 3. The summed E-state index contributed by atoms with van der Waals surface area (Å²) in [5.41, 5.74) is 1.15. The van der Waals surface area contributed by atoms with Gasteiger partial charge in [-0.25, -0.2) is 9.97 Å². The fraction of sp³-hybridized carbons (Fsp3) is 0.667. The summed E-state index contributed by atoms with van der Waals surface area (Å²) in [7, 11) is 0. The van der Waals surface area contributed by atoms with Gasteiger partial charge in [-0.3, -0.25) is 0 Å². The molecule has 4 heteroatoms. The van der Waals surface area contributed by atoms with Gasteiger partial charge in [0.1, 0.15) is 12.1 Å². The summed E-state index contributed by atoms with van der Waals surface area (Å²) in [5, 5.41) is 3.44. The van der Waals surface area contributed by atoms with E-state index in [1.54, 1.807) is 6.33 Å². The lowest BCUT2D eigenvalue weighted by atomic mass is 10.2. The Bertz CT molecular complexity index is 340. The van der Waals surface area contributed by atoms with Gasteiger partial charge in [0.25, 0.3) is 0 Å². The smallest absolute Gasteiger partial charge is 0.132 e. The Morgan fingerprint density at radius 3 is 3.12 bits per heavy atom. The number of rotatable bonds is 3. The fourth-order valence-electron chi connectivity index (χ4n) is 2.09. The predicted octanol–water partition coefficient (Wildman–Crippen LogP) is 1.23. The van der Waals surface area contributed by atoms with Crippen LogP contribution in [0.5, 0.6) is 0 Å². The minimum atomic E-state index is 0.540. The van der Waals surface area contributed by atoms with Crippen molar-refractivity contribution in [1.29, 1.82) is 0 Å². The number of aromatic nitrogens is 2. The van der Waals surface area contributed by atoms with E-state index in [4.69, 9.17) is 0 Å². The van der Waals surface area contributed by atoms with Crippen molar-refractivity contribution in [2.75, 3.05) is 24.5 Å². The number of nitrogens with one attached hydrogen (secondary N) is 1. The molecular formula is C12H20N4. The van der Waals surface area contributed by atoms with Crippen LogP contribution in [0.1, 0.15) is 26.0 Å². The van der Waals surface area contributed by atoms with Crippen LogP contribution in [0.15, 0.2) is 12.4 Å². The van der Waals surface area contributed by atoms with Gasteiger partial charge >= 0.3 is 0 Å². The van der Waals surface area contributed by atoms with Gasteiger partial charge in [-0.05, 0) is 13.3 Å². The molecule has 16 heavy (non-hydrogen) atoms. The van der Waals surface area contributed by atoms with E-state index >= 15 is 0 Å².